The van der Waals surface area contributed by atoms with Crippen LogP contribution in [0.5, 0.6) is 0 Å². The van der Waals surface area contributed by atoms with Gasteiger partial charge in [0.1, 0.15) is 34.3 Å². The van der Waals surface area contributed by atoms with Gasteiger partial charge in [-0.25, -0.2) is 0 Å². The Morgan fingerprint density at radius 3 is 2.07 bits per heavy atom. The van der Waals surface area contributed by atoms with Crippen LogP contribution in [0, 0.1) is 0 Å². The molecule has 0 spiro atoms. The highest BCUT2D eigenvalue weighted by Crippen LogP contribution is 2.41. The van der Waals surface area contributed by atoms with Crippen molar-refractivity contribution in [2.45, 2.75) is 12.7 Å². The van der Waals surface area contributed by atoms with Crippen LogP contribution in [0.3, 0.4) is 0 Å². The second-order valence-electron chi connectivity index (χ2n) is 14.6. The zero-order valence-electron chi connectivity index (χ0n) is 30.9. The molecule has 0 saturated heterocycles. The number of nitrogens with zero attached hydrogens (tertiary/aromatic N) is 2. The Morgan fingerprint density at radius 2 is 1.23 bits per heavy atom. The maximum Gasteiger partial charge on any atom is 0.145 e. The van der Waals surface area contributed by atoms with Crippen LogP contribution in [0.2, 0.25) is 0 Å². The number of hydrogen-bond donors (Lipinski definition) is 1. The topological polar surface area (TPSA) is 63.0 Å². The number of hydrogen-bond acceptors (Lipinski definition) is 4. The van der Waals surface area contributed by atoms with Crippen molar-refractivity contribution in [1.82, 2.24) is 5.32 Å². The number of benzene rings is 9. The lowest BCUT2D eigenvalue weighted by Gasteiger charge is -2.19. The van der Waals surface area contributed by atoms with E-state index < -0.39 is 6.17 Å². The second-order valence-corrected chi connectivity index (χ2v) is 14.6. The highest BCUT2D eigenvalue weighted by molar-refractivity contribution is 6.18. The Bertz CT molecular complexity index is 3410. The Morgan fingerprint density at radius 1 is 0.526 bits per heavy atom. The SMILES string of the molecule is C=NC(NC(=NCc1ccc2ccccc2c1)c1ccc2ccccc2c1)c1cccc2oc3ccc(-c4cccc5c4oc4c6ccccc6ccc54)cc3c12. The third kappa shape index (κ3) is 5.63. The molecule has 1 unspecified atom stereocenters. The first kappa shape index (κ1) is 32.9. The van der Waals surface area contributed by atoms with Gasteiger partial charge < -0.3 is 14.2 Å². The van der Waals surface area contributed by atoms with Gasteiger partial charge in [0.25, 0.3) is 0 Å². The summed E-state index contributed by atoms with van der Waals surface area (Å²) < 4.78 is 13.2. The largest absolute Gasteiger partial charge is 0.456 e. The third-order valence-electron chi connectivity index (χ3n) is 11.2. The van der Waals surface area contributed by atoms with Gasteiger partial charge in [-0.15, -0.1) is 0 Å². The van der Waals surface area contributed by atoms with E-state index in [1.165, 1.54) is 16.2 Å². The molecule has 0 aliphatic rings. The van der Waals surface area contributed by atoms with Gasteiger partial charge in [0.2, 0.25) is 0 Å². The van der Waals surface area contributed by atoms with Crippen LogP contribution in [0.1, 0.15) is 22.9 Å². The Labute approximate surface area is 328 Å². The second kappa shape index (κ2) is 13.4. The molecule has 9 aromatic carbocycles. The standard InChI is InChI=1S/C52H35N3O2/c1-53-52(55-51(39-23-22-34-11-3-5-14-37(34)29-39)54-31-32-20-21-33-10-2-4-13-36(33)28-32)44-18-9-19-47-48(44)45-30-38(25-27-46(45)56-47)41-16-8-17-42-43-26-24-35-12-6-7-15-40(35)49(43)57-50(41)42/h2-30,52H,1,31H2,(H,54,55). The summed E-state index contributed by atoms with van der Waals surface area (Å²) in [5.74, 6) is 0.737. The number of nitrogens with one attached hydrogen (secondary N) is 1. The molecule has 11 aromatic rings. The van der Waals surface area contributed by atoms with Crippen molar-refractivity contribution < 1.29 is 8.83 Å². The van der Waals surface area contributed by atoms with Crippen molar-refractivity contribution >= 4 is 88.7 Å². The number of amidine groups is 1. The number of aliphatic imine (C=N–C) groups is 2. The Hall–Kier alpha value is -7.50. The average molecular weight is 734 g/mol. The molecule has 11 rings (SSSR count). The molecule has 0 amide bonds. The van der Waals surface area contributed by atoms with Gasteiger partial charge in [0, 0.05) is 43.6 Å². The van der Waals surface area contributed by atoms with Crippen molar-refractivity contribution in [2.75, 3.05) is 0 Å². The fourth-order valence-corrected chi connectivity index (χ4v) is 8.42. The Balaban J connectivity index is 1.02. The molecule has 5 nitrogen and oxygen atoms in total. The molecule has 57 heavy (non-hydrogen) atoms. The van der Waals surface area contributed by atoms with Crippen LogP contribution >= 0.6 is 0 Å². The first-order chi connectivity index (χ1) is 28.2. The Kier molecular flexibility index (Phi) is 7.71. The number of rotatable bonds is 7. The fourth-order valence-electron chi connectivity index (χ4n) is 8.42. The van der Waals surface area contributed by atoms with Crippen molar-refractivity contribution in [2.24, 2.45) is 9.98 Å². The van der Waals surface area contributed by atoms with Gasteiger partial charge in [-0.05, 0) is 81.2 Å². The number of furan rings is 2. The minimum absolute atomic E-state index is 0.495. The highest BCUT2D eigenvalue weighted by Gasteiger charge is 2.21. The molecule has 2 aromatic heterocycles. The normalized spacial score (nSPS) is 12.7. The van der Waals surface area contributed by atoms with E-state index in [0.717, 1.165) is 93.7 Å². The lowest BCUT2D eigenvalue weighted by Crippen LogP contribution is -2.28. The van der Waals surface area contributed by atoms with Crippen molar-refractivity contribution in [1.29, 1.82) is 0 Å². The monoisotopic (exact) mass is 733 g/mol. The molecule has 0 bridgehead atoms. The van der Waals surface area contributed by atoms with Gasteiger partial charge in [-0.1, -0.05) is 140 Å². The zero-order chi connectivity index (χ0) is 37.9. The van der Waals surface area contributed by atoms with E-state index in [1.54, 1.807) is 0 Å². The smallest absolute Gasteiger partial charge is 0.145 e. The maximum atomic E-state index is 6.73. The molecule has 0 radical (unpaired) electrons. The molecule has 0 aliphatic heterocycles. The van der Waals surface area contributed by atoms with Crippen molar-refractivity contribution in [3.8, 4) is 11.1 Å². The zero-order valence-corrected chi connectivity index (χ0v) is 30.9. The predicted molar refractivity (Wildman–Crippen MR) is 238 cm³/mol. The lowest BCUT2D eigenvalue weighted by molar-refractivity contribution is 0.664. The summed E-state index contributed by atoms with van der Waals surface area (Å²) in [7, 11) is 0. The van der Waals surface area contributed by atoms with Crippen LogP contribution in [0.4, 0.5) is 0 Å². The summed E-state index contributed by atoms with van der Waals surface area (Å²) in [5, 5.41) is 14.9. The summed E-state index contributed by atoms with van der Waals surface area (Å²) >= 11 is 0. The molecule has 2 heterocycles. The average Bonchev–Trinajstić information content (AvgIpc) is 3.85. The fraction of sp³-hybridized carbons (Fsp3) is 0.0385. The van der Waals surface area contributed by atoms with Crippen LogP contribution in [0.25, 0.3) is 87.3 Å². The van der Waals surface area contributed by atoms with Gasteiger partial charge in [0.05, 0.1) is 6.54 Å². The summed E-state index contributed by atoms with van der Waals surface area (Å²) in [5.41, 5.74) is 8.47. The van der Waals surface area contributed by atoms with Gasteiger partial charge in [0.15, 0.2) is 0 Å². The lowest BCUT2D eigenvalue weighted by atomic mass is 9.98. The van der Waals surface area contributed by atoms with Crippen molar-refractivity contribution in [3.63, 3.8) is 0 Å². The van der Waals surface area contributed by atoms with Crippen LogP contribution in [0.15, 0.2) is 195 Å². The van der Waals surface area contributed by atoms with E-state index in [9.17, 15) is 0 Å². The molecular formula is C52H35N3O2. The van der Waals surface area contributed by atoms with Gasteiger partial charge in [-0.3, -0.25) is 9.98 Å². The molecule has 270 valence electrons. The van der Waals surface area contributed by atoms with Crippen LogP contribution in [-0.2, 0) is 6.54 Å². The summed E-state index contributed by atoms with van der Waals surface area (Å²) in [6.45, 7) is 4.58. The number of fused-ring (bicyclic) bond motifs is 10. The van der Waals surface area contributed by atoms with Gasteiger partial charge >= 0.3 is 0 Å². The molecule has 0 saturated carbocycles. The highest BCUT2D eigenvalue weighted by atomic mass is 16.3. The van der Waals surface area contributed by atoms with E-state index in [0.29, 0.717) is 6.54 Å². The van der Waals surface area contributed by atoms with E-state index in [2.05, 4.69) is 176 Å². The van der Waals surface area contributed by atoms with Crippen LogP contribution < -0.4 is 5.32 Å². The van der Waals surface area contributed by atoms with E-state index >= 15 is 0 Å². The molecule has 1 atom stereocenters. The first-order valence-electron chi connectivity index (χ1n) is 19.2. The predicted octanol–water partition coefficient (Wildman–Crippen LogP) is 13.5. The quantitative estimate of drug-likeness (QED) is 0.131. The third-order valence-corrected chi connectivity index (χ3v) is 11.2. The van der Waals surface area contributed by atoms with E-state index in [4.69, 9.17) is 18.8 Å². The van der Waals surface area contributed by atoms with Crippen LogP contribution in [-0.4, -0.2) is 12.6 Å². The maximum absolute atomic E-state index is 6.73. The minimum atomic E-state index is -0.521. The molecule has 1 N–H and O–H groups in total. The molecule has 0 aliphatic carbocycles. The summed E-state index contributed by atoms with van der Waals surface area (Å²) in [6.07, 6.45) is -0.521. The molecule has 0 fully saturated rings. The minimum Gasteiger partial charge on any atom is -0.456 e. The molecular weight excluding hydrogens is 699 g/mol. The van der Waals surface area contributed by atoms with Gasteiger partial charge in [-0.2, -0.15) is 0 Å². The molecule has 5 heteroatoms. The van der Waals surface area contributed by atoms with E-state index in [1.807, 2.05) is 12.1 Å². The van der Waals surface area contributed by atoms with E-state index in [-0.39, 0.29) is 0 Å². The van der Waals surface area contributed by atoms with Crippen molar-refractivity contribution in [3.05, 3.63) is 193 Å². The number of para-hydroxylation sites is 1. The summed E-state index contributed by atoms with van der Waals surface area (Å²) in [6, 6.07) is 61.4. The first-order valence-corrected chi connectivity index (χ1v) is 19.2. The summed E-state index contributed by atoms with van der Waals surface area (Å²) in [4.78, 5) is 9.92.